The van der Waals surface area contributed by atoms with Gasteiger partial charge in [0.05, 0.1) is 5.56 Å². The van der Waals surface area contributed by atoms with Crippen molar-refractivity contribution in [2.24, 2.45) is 0 Å². The molecule has 0 aliphatic rings. The second-order valence-corrected chi connectivity index (χ2v) is 6.37. The van der Waals surface area contributed by atoms with E-state index in [1.165, 1.54) is 6.07 Å². The first kappa shape index (κ1) is 15.7. The Kier molecular flexibility index (Phi) is 4.49. The summed E-state index contributed by atoms with van der Waals surface area (Å²) in [5.41, 5.74) is 1.86. The zero-order chi connectivity index (χ0) is 15.6. The van der Waals surface area contributed by atoms with Gasteiger partial charge >= 0.3 is 0 Å². The van der Waals surface area contributed by atoms with Crippen LogP contribution in [0.5, 0.6) is 0 Å². The molecule has 0 aliphatic carbocycles. The van der Waals surface area contributed by atoms with Gasteiger partial charge in [-0.3, -0.25) is 4.79 Å². The molecule has 0 bridgehead atoms. The van der Waals surface area contributed by atoms with Gasteiger partial charge in [-0.1, -0.05) is 62.2 Å². The van der Waals surface area contributed by atoms with Crippen molar-refractivity contribution in [3.05, 3.63) is 51.8 Å². The van der Waals surface area contributed by atoms with Gasteiger partial charge < -0.3 is 5.32 Å². The largest absolute Gasteiger partial charge is 0.322 e. The first-order valence-electron chi connectivity index (χ1n) is 6.38. The van der Waals surface area contributed by atoms with Crippen LogP contribution < -0.4 is 5.32 Å². The molecule has 0 spiro atoms. The summed E-state index contributed by atoms with van der Waals surface area (Å²) in [5.74, 6) is -0.367. The van der Waals surface area contributed by atoms with Gasteiger partial charge in [-0.15, -0.1) is 10.2 Å². The highest BCUT2D eigenvalue weighted by molar-refractivity contribution is 6.34. The summed E-state index contributed by atoms with van der Waals surface area (Å²) in [6.07, 6.45) is 0. The maximum atomic E-state index is 12.3. The molecule has 110 valence electrons. The van der Waals surface area contributed by atoms with E-state index in [0.29, 0.717) is 0 Å². The van der Waals surface area contributed by atoms with Crippen LogP contribution in [0.3, 0.4) is 0 Å². The Balaban J connectivity index is 2.35. The van der Waals surface area contributed by atoms with Crippen LogP contribution in [0.4, 0.5) is 5.69 Å². The zero-order valence-corrected chi connectivity index (χ0v) is 13.5. The third-order valence-corrected chi connectivity index (χ3v) is 3.41. The predicted molar refractivity (Wildman–Crippen MR) is 85.1 cm³/mol. The summed E-state index contributed by atoms with van der Waals surface area (Å²) >= 11 is 11.6. The summed E-state index contributed by atoms with van der Waals surface area (Å²) < 4.78 is 0. The smallest absolute Gasteiger partial charge is 0.258 e. The van der Waals surface area contributed by atoms with Crippen LogP contribution in [0.1, 0.15) is 36.7 Å². The molecular weight excluding hydrogens is 309 g/mol. The molecule has 0 atom stereocenters. The second-order valence-electron chi connectivity index (χ2n) is 5.62. The highest BCUT2D eigenvalue weighted by Crippen LogP contribution is 2.29. The number of para-hydroxylation sites is 1. The molecule has 0 radical (unpaired) electrons. The molecule has 0 unspecified atom stereocenters. The number of amides is 1. The number of carbonyl (C=O) groups is 1. The van der Waals surface area contributed by atoms with Crippen molar-refractivity contribution in [1.29, 1.82) is 0 Å². The van der Waals surface area contributed by atoms with E-state index in [0.717, 1.165) is 11.3 Å². The van der Waals surface area contributed by atoms with Crippen LogP contribution in [0.15, 0.2) is 30.3 Å². The molecule has 1 amide bonds. The zero-order valence-electron chi connectivity index (χ0n) is 11.9. The quantitative estimate of drug-likeness (QED) is 0.894. The molecule has 2 rings (SSSR count). The van der Waals surface area contributed by atoms with E-state index in [2.05, 4.69) is 36.3 Å². The molecule has 6 heteroatoms. The number of aromatic nitrogens is 2. The predicted octanol–water partition coefficient (Wildman–Crippen LogP) is 4.33. The fraction of sp³-hybridized carbons (Fsp3) is 0.267. The van der Waals surface area contributed by atoms with Gasteiger partial charge in [0.25, 0.3) is 5.91 Å². The van der Waals surface area contributed by atoms with Crippen LogP contribution in [0, 0.1) is 0 Å². The minimum atomic E-state index is -0.367. The van der Waals surface area contributed by atoms with Crippen LogP contribution in [-0.2, 0) is 5.41 Å². The topological polar surface area (TPSA) is 54.9 Å². The SMILES string of the molecule is CC(C)(C)c1ccccc1NC(=O)c1cc(Cl)nnc1Cl. The molecule has 1 aromatic carbocycles. The number of carbonyl (C=O) groups excluding carboxylic acids is 1. The summed E-state index contributed by atoms with van der Waals surface area (Å²) in [7, 11) is 0. The molecule has 2 aromatic rings. The van der Waals surface area contributed by atoms with Crippen molar-refractivity contribution in [3.63, 3.8) is 0 Å². The third kappa shape index (κ3) is 3.71. The van der Waals surface area contributed by atoms with Gasteiger partial charge in [0.2, 0.25) is 0 Å². The van der Waals surface area contributed by atoms with Crippen molar-refractivity contribution in [1.82, 2.24) is 10.2 Å². The lowest BCUT2D eigenvalue weighted by Gasteiger charge is -2.23. The van der Waals surface area contributed by atoms with Crippen molar-refractivity contribution in [2.45, 2.75) is 26.2 Å². The Morgan fingerprint density at radius 2 is 1.81 bits per heavy atom. The number of halogens is 2. The van der Waals surface area contributed by atoms with E-state index < -0.39 is 0 Å². The molecule has 21 heavy (non-hydrogen) atoms. The first-order chi connectivity index (χ1) is 9.79. The van der Waals surface area contributed by atoms with Crippen LogP contribution >= 0.6 is 23.2 Å². The van der Waals surface area contributed by atoms with E-state index in [-0.39, 0.29) is 27.2 Å². The maximum absolute atomic E-state index is 12.3. The maximum Gasteiger partial charge on any atom is 0.258 e. The van der Waals surface area contributed by atoms with E-state index in [9.17, 15) is 4.79 Å². The highest BCUT2D eigenvalue weighted by Gasteiger charge is 2.20. The van der Waals surface area contributed by atoms with Crippen molar-refractivity contribution in [3.8, 4) is 0 Å². The highest BCUT2D eigenvalue weighted by atomic mass is 35.5. The Morgan fingerprint density at radius 1 is 1.14 bits per heavy atom. The molecule has 0 saturated heterocycles. The molecule has 1 N–H and O–H groups in total. The van der Waals surface area contributed by atoms with E-state index in [1.807, 2.05) is 24.3 Å². The Morgan fingerprint density at radius 3 is 2.48 bits per heavy atom. The number of nitrogens with one attached hydrogen (secondary N) is 1. The molecule has 1 aromatic heterocycles. The lowest BCUT2D eigenvalue weighted by atomic mass is 9.86. The summed E-state index contributed by atoms with van der Waals surface area (Å²) in [4.78, 5) is 12.3. The lowest BCUT2D eigenvalue weighted by Crippen LogP contribution is -2.19. The summed E-state index contributed by atoms with van der Waals surface area (Å²) in [6.45, 7) is 6.24. The van der Waals surface area contributed by atoms with Gasteiger partial charge in [0.15, 0.2) is 10.3 Å². The Labute approximate surface area is 133 Å². The fourth-order valence-electron chi connectivity index (χ4n) is 1.95. The standard InChI is InChI=1S/C15H15Cl2N3O/c1-15(2,3)10-6-4-5-7-11(10)18-14(21)9-8-12(16)19-20-13(9)17/h4-8H,1-3H3,(H,18,21). The monoisotopic (exact) mass is 323 g/mol. The Bertz CT molecular complexity index is 681. The van der Waals surface area contributed by atoms with E-state index >= 15 is 0 Å². The second kappa shape index (κ2) is 6.00. The van der Waals surface area contributed by atoms with Gasteiger partial charge in [0.1, 0.15) is 0 Å². The lowest BCUT2D eigenvalue weighted by molar-refractivity contribution is 0.102. The van der Waals surface area contributed by atoms with Crippen molar-refractivity contribution in [2.75, 3.05) is 5.32 Å². The average molecular weight is 324 g/mol. The summed E-state index contributed by atoms with van der Waals surface area (Å²) in [6, 6.07) is 9.03. The number of rotatable bonds is 2. The molecule has 0 fully saturated rings. The number of benzene rings is 1. The van der Waals surface area contributed by atoms with Crippen molar-refractivity contribution >= 4 is 34.8 Å². The van der Waals surface area contributed by atoms with Gasteiger partial charge in [-0.25, -0.2) is 0 Å². The normalized spacial score (nSPS) is 11.3. The van der Waals surface area contributed by atoms with Crippen LogP contribution in [0.2, 0.25) is 10.3 Å². The van der Waals surface area contributed by atoms with E-state index in [1.54, 1.807) is 0 Å². The molecule has 4 nitrogen and oxygen atoms in total. The van der Waals surface area contributed by atoms with Gasteiger partial charge in [0, 0.05) is 5.69 Å². The minimum absolute atomic E-state index is 0.0186. The minimum Gasteiger partial charge on any atom is -0.322 e. The average Bonchev–Trinajstić information content (AvgIpc) is 2.41. The molecule has 0 saturated carbocycles. The van der Waals surface area contributed by atoms with Gasteiger partial charge in [-0.05, 0) is 23.1 Å². The van der Waals surface area contributed by atoms with Crippen LogP contribution in [0.25, 0.3) is 0 Å². The number of hydrogen-bond donors (Lipinski definition) is 1. The van der Waals surface area contributed by atoms with Crippen molar-refractivity contribution < 1.29 is 4.79 Å². The Hall–Kier alpha value is -1.65. The summed E-state index contributed by atoms with van der Waals surface area (Å²) in [5, 5.41) is 10.2. The molecular formula is C15H15Cl2N3O. The number of nitrogens with zero attached hydrogens (tertiary/aromatic N) is 2. The number of hydrogen-bond acceptors (Lipinski definition) is 3. The van der Waals surface area contributed by atoms with Gasteiger partial charge in [-0.2, -0.15) is 0 Å². The molecule has 1 heterocycles. The number of anilines is 1. The first-order valence-corrected chi connectivity index (χ1v) is 7.14. The van der Waals surface area contributed by atoms with Crippen LogP contribution in [-0.4, -0.2) is 16.1 Å². The molecule has 0 aliphatic heterocycles. The third-order valence-electron chi connectivity index (χ3n) is 2.95. The van der Waals surface area contributed by atoms with E-state index in [4.69, 9.17) is 23.2 Å². The fourth-order valence-corrected chi connectivity index (χ4v) is 2.27.